The Kier molecular flexibility index (Phi) is 5.40. The first-order chi connectivity index (χ1) is 10.1. The minimum Gasteiger partial charge on any atom is -0.357 e. The van der Waals surface area contributed by atoms with Crippen molar-refractivity contribution in [2.45, 2.75) is 4.34 Å². The molecule has 8 heteroatoms. The fraction of sp³-hybridized carbons (Fsp3) is 0.154. The van der Waals surface area contributed by atoms with Crippen molar-refractivity contribution in [3.8, 4) is 0 Å². The Hall–Kier alpha value is -1.80. The summed E-state index contributed by atoms with van der Waals surface area (Å²) in [6, 6.07) is 2.81. The molecule has 1 aromatic carbocycles. The second-order valence-corrected chi connectivity index (χ2v) is 6.08. The summed E-state index contributed by atoms with van der Waals surface area (Å²) in [7, 11) is 0. The van der Waals surface area contributed by atoms with Crippen molar-refractivity contribution in [1.82, 2.24) is 10.2 Å². The van der Waals surface area contributed by atoms with E-state index in [4.69, 9.17) is 0 Å². The Morgan fingerprint density at radius 3 is 3.00 bits per heavy atom. The van der Waals surface area contributed by atoms with Crippen molar-refractivity contribution in [3.63, 3.8) is 0 Å². The first-order valence-corrected chi connectivity index (χ1v) is 7.69. The number of hydrogen-bond donors (Lipinski definition) is 1. The number of aromatic nitrogens is 2. The smallest absolute Gasteiger partial charge is 0.206 e. The van der Waals surface area contributed by atoms with E-state index in [1.54, 1.807) is 6.08 Å². The highest BCUT2D eigenvalue weighted by Gasteiger charge is 2.14. The molecule has 2 rings (SSSR count). The predicted octanol–water partition coefficient (Wildman–Crippen LogP) is 3.39. The Balaban J connectivity index is 1.96. The summed E-state index contributed by atoms with van der Waals surface area (Å²) in [4.78, 5) is 11.9. The highest BCUT2D eigenvalue weighted by Crippen LogP contribution is 2.26. The molecule has 21 heavy (non-hydrogen) atoms. The van der Waals surface area contributed by atoms with Crippen LogP contribution in [0.25, 0.3) is 0 Å². The molecule has 0 radical (unpaired) electrons. The second-order valence-electron chi connectivity index (χ2n) is 3.88. The molecular formula is C13H11F2N3OS2. The second kappa shape index (κ2) is 7.28. The molecule has 1 aromatic heterocycles. The van der Waals surface area contributed by atoms with Gasteiger partial charge >= 0.3 is 0 Å². The summed E-state index contributed by atoms with van der Waals surface area (Å²) in [5.41, 5.74) is -0.253. The Morgan fingerprint density at radius 2 is 2.24 bits per heavy atom. The first kappa shape index (κ1) is 15.6. The van der Waals surface area contributed by atoms with Crippen molar-refractivity contribution in [2.24, 2.45) is 0 Å². The third-order valence-corrected chi connectivity index (χ3v) is 4.37. The van der Waals surface area contributed by atoms with E-state index < -0.39 is 17.4 Å². The zero-order valence-corrected chi connectivity index (χ0v) is 12.4. The molecule has 0 aliphatic heterocycles. The van der Waals surface area contributed by atoms with Gasteiger partial charge in [0.05, 0.1) is 11.3 Å². The fourth-order valence-corrected chi connectivity index (χ4v) is 3.06. The SMILES string of the molecule is C=CCNc1nnc(SCC(=O)c2cc(F)ccc2F)s1. The maximum Gasteiger partial charge on any atom is 0.206 e. The quantitative estimate of drug-likeness (QED) is 0.480. The van der Waals surface area contributed by atoms with Gasteiger partial charge in [0.1, 0.15) is 11.6 Å². The van der Waals surface area contributed by atoms with Crippen molar-refractivity contribution in [2.75, 3.05) is 17.6 Å². The van der Waals surface area contributed by atoms with Gasteiger partial charge in [0.15, 0.2) is 10.1 Å². The average molecular weight is 327 g/mol. The third-order valence-electron chi connectivity index (χ3n) is 2.36. The number of Topliss-reactive ketones (excluding diaryl/α,β-unsaturated/α-hetero) is 1. The number of anilines is 1. The van der Waals surface area contributed by atoms with Gasteiger partial charge in [-0.2, -0.15) is 0 Å². The molecule has 0 atom stereocenters. The fourth-order valence-electron chi connectivity index (χ4n) is 1.42. The molecule has 0 spiro atoms. The molecule has 0 saturated carbocycles. The molecular weight excluding hydrogens is 316 g/mol. The summed E-state index contributed by atoms with van der Waals surface area (Å²) < 4.78 is 27.1. The summed E-state index contributed by atoms with van der Waals surface area (Å²) in [6.45, 7) is 4.13. The summed E-state index contributed by atoms with van der Waals surface area (Å²) >= 11 is 2.41. The lowest BCUT2D eigenvalue weighted by molar-refractivity contribution is 0.101. The van der Waals surface area contributed by atoms with Crippen molar-refractivity contribution >= 4 is 34.0 Å². The average Bonchev–Trinajstić information content (AvgIpc) is 2.93. The molecule has 0 aliphatic carbocycles. The zero-order valence-electron chi connectivity index (χ0n) is 10.8. The maximum atomic E-state index is 13.4. The van der Waals surface area contributed by atoms with Gasteiger partial charge in [-0.25, -0.2) is 8.78 Å². The number of carbonyl (C=O) groups excluding carboxylic acids is 1. The molecule has 2 aromatic rings. The van der Waals surface area contributed by atoms with Crippen molar-refractivity contribution < 1.29 is 13.6 Å². The van der Waals surface area contributed by atoms with Crippen LogP contribution in [-0.2, 0) is 0 Å². The number of benzene rings is 1. The summed E-state index contributed by atoms with van der Waals surface area (Å²) in [5.74, 6) is -1.90. The monoisotopic (exact) mass is 327 g/mol. The van der Waals surface area contributed by atoms with Crippen LogP contribution in [0, 0.1) is 11.6 Å². The van der Waals surface area contributed by atoms with Gasteiger partial charge in [0.25, 0.3) is 0 Å². The van der Waals surface area contributed by atoms with E-state index in [0.717, 1.165) is 30.0 Å². The zero-order chi connectivity index (χ0) is 15.2. The van der Waals surface area contributed by atoms with Gasteiger partial charge in [-0.05, 0) is 18.2 Å². The standard InChI is InChI=1S/C13H11F2N3OS2/c1-2-5-16-12-17-18-13(21-12)20-7-11(19)9-6-8(14)3-4-10(9)15/h2-4,6H,1,5,7H2,(H,16,17). The molecule has 0 aliphatic rings. The van der Waals surface area contributed by atoms with E-state index in [1.807, 2.05) is 0 Å². The van der Waals surface area contributed by atoms with E-state index in [9.17, 15) is 13.6 Å². The molecule has 4 nitrogen and oxygen atoms in total. The van der Waals surface area contributed by atoms with Crippen LogP contribution in [0.4, 0.5) is 13.9 Å². The molecule has 110 valence electrons. The normalized spacial score (nSPS) is 10.4. The van der Waals surface area contributed by atoms with Crippen LogP contribution in [0.2, 0.25) is 0 Å². The molecule has 0 saturated heterocycles. The number of nitrogens with one attached hydrogen (secondary N) is 1. The molecule has 1 heterocycles. The number of rotatable bonds is 7. The van der Waals surface area contributed by atoms with Gasteiger partial charge in [-0.15, -0.1) is 16.8 Å². The lowest BCUT2D eigenvalue weighted by Gasteiger charge is -2.01. The topological polar surface area (TPSA) is 54.9 Å². The highest BCUT2D eigenvalue weighted by molar-refractivity contribution is 8.01. The van der Waals surface area contributed by atoms with Gasteiger partial charge in [-0.3, -0.25) is 4.79 Å². The van der Waals surface area contributed by atoms with Crippen LogP contribution in [0.3, 0.4) is 0 Å². The molecule has 0 bridgehead atoms. The maximum absolute atomic E-state index is 13.4. The van der Waals surface area contributed by atoms with Crippen LogP contribution in [0.15, 0.2) is 35.2 Å². The van der Waals surface area contributed by atoms with Crippen molar-refractivity contribution in [3.05, 3.63) is 48.1 Å². The van der Waals surface area contributed by atoms with Crippen LogP contribution < -0.4 is 5.32 Å². The van der Waals surface area contributed by atoms with Gasteiger partial charge in [0.2, 0.25) is 5.13 Å². The van der Waals surface area contributed by atoms with E-state index in [1.165, 1.54) is 11.3 Å². The number of nitrogens with zero attached hydrogens (tertiary/aromatic N) is 2. The third kappa shape index (κ3) is 4.33. The lowest BCUT2D eigenvalue weighted by atomic mass is 10.1. The number of hydrogen-bond acceptors (Lipinski definition) is 6. The minimum absolute atomic E-state index is 0.0313. The number of halogens is 2. The molecule has 0 unspecified atom stereocenters. The molecule has 0 amide bonds. The van der Waals surface area contributed by atoms with Crippen LogP contribution in [-0.4, -0.2) is 28.3 Å². The first-order valence-electron chi connectivity index (χ1n) is 5.89. The Labute approximate surface area is 128 Å². The van der Waals surface area contributed by atoms with Gasteiger partial charge in [-0.1, -0.05) is 29.2 Å². The lowest BCUT2D eigenvalue weighted by Crippen LogP contribution is -2.05. The minimum atomic E-state index is -0.729. The van der Waals surface area contributed by atoms with Crippen LogP contribution in [0.1, 0.15) is 10.4 Å². The van der Waals surface area contributed by atoms with E-state index >= 15 is 0 Å². The predicted molar refractivity (Wildman–Crippen MR) is 80.0 cm³/mol. The molecule has 1 N–H and O–H groups in total. The molecule has 0 fully saturated rings. The van der Waals surface area contributed by atoms with Gasteiger partial charge in [0, 0.05) is 6.54 Å². The van der Waals surface area contributed by atoms with E-state index in [-0.39, 0.29) is 11.3 Å². The van der Waals surface area contributed by atoms with Crippen LogP contribution >= 0.6 is 23.1 Å². The largest absolute Gasteiger partial charge is 0.357 e. The summed E-state index contributed by atoms with van der Waals surface area (Å²) in [5, 5.41) is 11.4. The Morgan fingerprint density at radius 1 is 1.43 bits per heavy atom. The van der Waals surface area contributed by atoms with E-state index in [0.29, 0.717) is 16.0 Å². The number of carbonyl (C=O) groups is 1. The highest BCUT2D eigenvalue weighted by atomic mass is 32.2. The Bertz CT molecular complexity index is 661. The van der Waals surface area contributed by atoms with Crippen molar-refractivity contribution in [1.29, 1.82) is 0 Å². The number of thioether (sulfide) groups is 1. The van der Waals surface area contributed by atoms with E-state index in [2.05, 4.69) is 22.1 Å². The van der Waals surface area contributed by atoms with Crippen LogP contribution in [0.5, 0.6) is 0 Å². The van der Waals surface area contributed by atoms with Gasteiger partial charge < -0.3 is 5.32 Å². The number of ketones is 1. The summed E-state index contributed by atoms with van der Waals surface area (Å²) in [6.07, 6.45) is 1.68.